The first kappa shape index (κ1) is 22.6. The van der Waals surface area contributed by atoms with Crippen molar-refractivity contribution in [1.29, 1.82) is 0 Å². The molecule has 0 aromatic heterocycles. The van der Waals surface area contributed by atoms with Crippen molar-refractivity contribution in [2.75, 3.05) is 7.11 Å². The van der Waals surface area contributed by atoms with Crippen molar-refractivity contribution in [1.82, 2.24) is 0 Å². The normalized spacial score (nSPS) is 51.3. The van der Waals surface area contributed by atoms with Crippen molar-refractivity contribution in [3.05, 3.63) is 0 Å². The number of rotatable bonds is 3. The maximum atomic E-state index is 16.3. The van der Waals surface area contributed by atoms with E-state index in [1.807, 2.05) is 0 Å². The van der Waals surface area contributed by atoms with Crippen LogP contribution in [0.15, 0.2) is 0 Å². The van der Waals surface area contributed by atoms with Gasteiger partial charge in [0.1, 0.15) is 28.4 Å². The monoisotopic (exact) mass is 466 g/mol. The fourth-order valence-electron chi connectivity index (χ4n) is 8.93. The highest BCUT2D eigenvalue weighted by Gasteiger charge is 2.87. The van der Waals surface area contributed by atoms with Crippen LogP contribution in [0.4, 0.5) is 4.39 Å². The minimum absolute atomic E-state index is 0.00181. The van der Waals surface area contributed by atoms with E-state index in [0.717, 1.165) is 0 Å². The highest BCUT2D eigenvalue weighted by molar-refractivity contribution is 5.86. The number of carbonyl (C=O) groups is 4. The molecule has 0 radical (unpaired) electrons. The molecule has 5 fully saturated rings. The van der Waals surface area contributed by atoms with Crippen LogP contribution in [0, 0.1) is 28.6 Å². The zero-order valence-corrected chi connectivity index (χ0v) is 19.7. The number of hydrogen-bond acceptors (Lipinski definition) is 8. The van der Waals surface area contributed by atoms with E-state index in [-0.39, 0.29) is 25.2 Å². The SMILES string of the molecule is COC(=O)[C@H]1[C@H]2[C@@]3(CC[C@H](OC(C)=O)[C@@]2(C)C(=O)O3)[C@@H]2CC[C@]3(OC(C)=O)C[C@@]21C[C@@]3(C)F. The Morgan fingerprint density at radius 2 is 1.76 bits per heavy atom. The lowest BCUT2D eigenvalue weighted by Gasteiger charge is -2.47. The Kier molecular flexibility index (Phi) is 4.43. The standard InChI is InChI=1S/C24H31FO8/c1-12(26)31-15-7-9-24-14-6-8-23(32-13(2)27)11-22(14,10-20(23,3)25)16(18(28)30-5)17(24)21(15,4)19(29)33-24/h14-17H,6-11H2,1-5H3/t14-,15+,16-,17-,20-,21-,22+,23+,24-/m1/s1. The van der Waals surface area contributed by atoms with Gasteiger partial charge in [-0.15, -0.1) is 0 Å². The topological polar surface area (TPSA) is 105 Å². The van der Waals surface area contributed by atoms with Crippen molar-refractivity contribution in [3.63, 3.8) is 0 Å². The number of alkyl halides is 1. The minimum Gasteiger partial charge on any atom is -0.469 e. The largest absolute Gasteiger partial charge is 0.469 e. The van der Waals surface area contributed by atoms with Gasteiger partial charge in [0.2, 0.25) is 0 Å². The van der Waals surface area contributed by atoms with E-state index < -0.39 is 69.5 Å². The van der Waals surface area contributed by atoms with Gasteiger partial charge < -0.3 is 18.9 Å². The molecule has 0 amide bonds. The second-order valence-corrected chi connectivity index (χ2v) is 11.2. The molecule has 0 N–H and O–H groups in total. The summed E-state index contributed by atoms with van der Waals surface area (Å²) in [4.78, 5) is 50.6. The Balaban J connectivity index is 1.69. The van der Waals surface area contributed by atoms with Crippen LogP contribution in [0.3, 0.4) is 0 Å². The number of ether oxygens (including phenoxy) is 4. The van der Waals surface area contributed by atoms with Gasteiger partial charge in [0.15, 0.2) is 0 Å². The van der Waals surface area contributed by atoms with Crippen molar-refractivity contribution >= 4 is 23.9 Å². The Bertz CT molecular complexity index is 962. The van der Waals surface area contributed by atoms with E-state index in [9.17, 15) is 19.2 Å². The lowest BCUT2D eigenvalue weighted by Crippen LogP contribution is -2.54. The van der Waals surface area contributed by atoms with E-state index in [1.54, 1.807) is 6.92 Å². The van der Waals surface area contributed by atoms with Crippen molar-refractivity contribution in [2.45, 2.75) is 89.2 Å². The third-order valence-corrected chi connectivity index (χ3v) is 9.76. The van der Waals surface area contributed by atoms with Crippen LogP contribution in [0.2, 0.25) is 0 Å². The molecule has 9 atom stereocenters. The molecule has 5 aliphatic rings. The molecule has 182 valence electrons. The summed E-state index contributed by atoms with van der Waals surface area (Å²) >= 11 is 0. The van der Waals surface area contributed by atoms with Crippen LogP contribution in [0.1, 0.15) is 66.2 Å². The Morgan fingerprint density at radius 1 is 1.06 bits per heavy atom. The van der Waals surface area contributed by atoms with E-state index in [2.05, 4.69) is 0 Å². The van der Waals surface area contributed by atoms with Gasteiger partial charge in [0.05, 0.1) is 13.0 Å². The average molecular weight is 467 g/mol. The summed E-state index contributed by atoms with van der Waals surface area (Å²) in [7, 11) is 1.28. The molecule has 8 nitrogen and oxygen atoms in total. The van der Waals surface area contributed by atoms with Crippen molar-refractivity contribution < 1.29 is 42.5 Å². The van der Waals surface area contributed by atoms with Crippen LogP contribution in [0.5, 0.6) is 0 Å². The fraction of sp³-hybridized carbons (Fsp3) is 0.833. The zero-order chi connectivity index (χ0) is 24.2. The molecule has 0 aromatic carbocycles. The lowest BCUT2D eigenvalue weighted by molar-refractivity contribution is -0.181. The average Bonchev–Trinajstić information content (AvgIpc) is 3.10. The third kappa shape index (κ3) is 2.46. The molecule has 0 unspecified atom stereocenters. The first-order valence-corrected chi connectivity index (χ1v) is 11.7. The van der Waals surface area contributed by atoms with Gasteiger partial charge in [0.25, 0.3) is 0 Å². The maximum Gasteiger partial charge on any atom is 0.316 e. The quantitative estimate of drug-likeness (QED) is 0.462. The van der Waals surface area contributed by atoms with Gasteiger partial charge in [-0.25, -0.2) is 4.39 Å². The second kappa shape index (κ2) is 6.48. The van der Waals surface area contributed by atoms with Crippen LogP contribution < -0.4 is 0 Å². The van der Waals surface area contributed by atoms with E-state index in [4.69, 9.17) is 18.9 Å². The number of methoxy groups -OCH3 is 1. The van der Waals surface area contributed by atoms with E-state index in [1.165, 1.54) is 27.9 Å². The number of hydrogen-bond donors (Lipinski definition) is 0. The highest BCUT2D eigenvalue weighted by Crippen LogP contribution is 2.80. The maximum absolute atomic E-state index is 16.3. The molecule has 9 heteroatoms. The smallest absolute Gasteiger partial charge is 0.316 e. The van der Waals surface area contributed by atoms with E-state index in [0.29, 0.717) is 19.3 Å². The summed E-state index contributed by atoms with van der Waals surface area (Å²) in [6.45, 7) is 5.69. The molecule has 4 aliphatic carbocycles. The predicted molar refractivity (Wildman–Crippen MR) is 109 cm³/mol. The van der Waals surface area contributed by atoms with Crippen LogP contribution in [-0.2, 0) is 38.1 Å². The van der Waals surface area contributed by atoms with E-state index >= 15 is 4.39 Å². The summed E-state index contributed by atoms with van der Waals surface area (Å²) in [5, 5.41) is 0. The Labute approximate surface area is 191 Å². The van der Waals surface area contributed by atoms with Gasteiger partial charge in [-0.3, -0.25) is 19.2 Å². The zero-order valence-electron chi connectivity index (χ0n) is 19.7. The first-order chi connectivity index (χ1) is 15.3. The third-order valence-electron chi connectivity index (χ3n) is 9.76. The van der Waals surface area contributed by atoms with Gasteiger partial charge in [-0.2, -0.15) is 0 Å². The van der Waals surface area contributed by atoms with Crippen molar-refractivity contribution in [2.24, 2.45) is 28.6 Å². The second-order valence-electron chi connectivity index (χ2n) is 11.2. The predicted octanol–water partition coefficient (Wildman–Crippen LogP) is 2.65. The number of halogens is 1. The summed E-state index contributed by atoms with van der Waals surface area (Å²) in [5.74, 6) is -3.86. The molecule has 4 saturated carbocycles. The summed E-state index contributed by atoms with van der Waals surface area (Å²) < 4.78 is 38.9. The van der Waals surface area contributed by atoms with Gasteiger partial charge in [-0.1, -0.05) is 0 Å². The molecule has 1 aliphatic heterocycles. The molecule has 1 saturated heterocycles. The molecule has 5 rings (SSSR count). The fourth-order valence-corrected chi connectivity index (χ4v) is 8.93. The summed E-state index contributed by atoms with van der Waals surface area (Å²) in [6, 6.07) is 0. The Morgan fingerprint density at radius 3 is 2.36 bits per heavy atom. The van der Waals surface area contributed by atoms with Crippen LogP contribution in [-0.4, -0.2) is 54.0 Å². The molecule has 1 spiro atoms. The van der Waals surface area contributed by atoms with Crippen LogP contribution >= 0.6 is 0 Å². The van der Waals surface area contributed by atoms with Gasteiger partial charge in [-0.05, 0) is 57.8 Å². The molecular weight excluding hydrogens is 435 g/mol. The first-order valence-electron chi connectivity index (χ1n) is 11.7. The minimum atomic E-state index is -1.86. The van der Waals surface area contributed by atoms with Crippen LogP contribution in [0.25, 0.3) is 0 Å². The number of fused-ring (bicyclic) bond motifs is 1. The molecule has 1 heterocycles. The van der Waals surface area contributed by atoms with Crippen molar-refractivity contribution in [3.8, 4) is 0 Å². The molecule has 0 aromatic rings. The summed E-state index contributed by atoms with van der Waals surface area (Å²) in [5.41, 5.74) is -6.32. The molecular formula is C24H31FO8. The van der Waals surface area contributed by atoms with Gasteiger partial charge >= 0.3 is 23.9 Å². The molecule has 4 bridgehead atoms. The molecule has 33 heavy (non-hydrogen) atoms. The van der Waals surface area contributed by atoms with Gasteiger partial charge in [0, 0.05) is 25.7 Å². The highest BCUT2D eigenvalue weighted by atomic mass is 19.1. The number of carbonyl (C=O) groups excluding carboxylic acids is 4. The number of esters is 4. The lowest BCUT2D eigenvalue weighted by atomic mass is 9.58. The Hall–Kier alpha value is -2.19. The summed E-state index contributed by atoms with van der Waals surface area (Å²) in [6.07, 6.45) is 1.00.